The van der Waals surface area contributed by atoms with Gasteiger partial charge in [-0.05, 0) is 98.4 Å². The number of para-hydroxylation sites is 3. The van der Waals surface area contributed by atoms with E-state index >= 15 is 0 Å². The number of hydrogen-bond donors (Lipinski definition) is 0. The summed E-state index contributed by atoms with van der Waals surface area (Å²) in [5, 5.41) is 18.8. The number of nitrogens with zero attached hydrogens (tertiary/aromatic N) is 4. The molecule has 0 spiro atoms. The fraction of sp³-hybridized carbons (Fsp3) is 0. The Morgan fingerprint density at radius 2 is 0.962 bits per heavy atom. The molecule has 8 aromatic carbocycles. The lowest BCUT2D eigenvalue weighted by atomic mass is 9.86. The standard InChI is InChI=1S/C47H26N4S2/c48-27-28-18-21-32-33-22-19-29(25-41(33)51(40(32)24-28)31-10-2-1-3-11-31)44-34-12-4-6-14-36(34)45(37-15-7-5-13-35(37)44)30-20-23-42-43(26-30)53-47-46(52-42)49-38-16-8-9-17-39(38)50-47/h1-26H. The van der Waals surface area contributed by atoms with Crippen LogP contribution in [0, 0.1) is 11.3 Å². The molecule has 6 heteroatoms. The quantitative estimate of drug-likeness (QED) is 0.171. The van der Waals surface area contributed by atoms with Crippen LogP contribution < -0.4 is 0 Å². The molecule has 53 heavy (non-hydrogen) atoms. The Labute approximate surface area is 313 Å². The van der Waals surface area contributed by atoms with Gasteiger partial charge in [-0.3, -0.25) is 0 Å². The molecule has 0 fully saturated rings. The summed E-state index contributed by atoms with van der Waals surface area (Å²) in [7, 11) is 0. The van der Waals surface area contributed by atoms with Crippen LogP contribution in [-0.4, -0.2) is 14.5 Å². The molecule has 10 aromatic rings. The van der Waals surface area contributed by atoms with Gasteiger partial charge in [0.25, 0.3) is 0 Å². The minimum absolute atomic E-state index is 0.648. The monoisotopic (exact) mass is 710 g/mol. The molecule has 0 amide bonds. The number of rotatable bonds is 3. The summed E-state index contributed by atoms with van der Waals surface area (Å²) >= 11 is 3.41. The average molecular weight is 711 g/mol. The third kappa shape index (κ3) is 4.72. The van der Waals surface area contributed by atoms with Gasteiger partial charge in [0.1, 0.15) is 10.1 Å². The number of nitriles is 1. The molecule has 0 bridgehead atoms. The Morgan fingerprint density at radius 3 is 1.58 bits per heavy atom. The predicted molar refractivity (Wildman–Crippen MR) is 219 cm³/mol. The molecule has 3 heterocycles. The van der Waals surface area contributed by atoms with Gasteiger partial charge in [-0.15, -0.1) is 0 Å². The van der Waals surface area contributed by atoms with Gasteiger partial charge < -0.3 is 4.57 Å². The van der Waals surface area contributed by atoms with E-state index < -0.39 is 0 Å². The Balaban J connectivity index is 1.13. The van der Waals surface area contributed by atoms with Crippen LogP contribution in [0.2, 0.25) is 0 Å². The van der Waals surface area contributed by atoms with Crippen molar-refractivity contribution in [1.29, 1.82) is 5.26 Å². The van der Waals surface area contributed by atoms with Crippen LogP contribution in [0.15, 0.2) is 178 Å². The van der Waals surface area contributed by atoms with Crippen LogP contribution in [0.4, 0.5) is 0 Å². The number of hydrogen-bond acceptors (Lipinski definition) is 5. The van der Waals surface area contributed by atoms with Crippen LogP contribution >= 0.6 is 23.5 Å². The Morgan fingerprint density at radius 1 is 0.453 bits per heavy atom. The Kier molecular flexibility index (Phi) is 6.75. The van der Waals surface area contributed by atoms with Gasteiger partial charge in [-0.25, -0.2) is 9.97 Å². The minimum atomic E-state index is 0.648. The third-order valence-corrected chi connectivity index (χ3v) is 12.6. The second-order valence-corrected chi connectivity index (χ2v) is 15.3. The van der Waals surface area contributed by atoms with Crippen molar-refractivity contribution in [2.75, 3.05) is 0 Å². The van der Waals surface area contributed by atoms with Crippen LogP contribution in [0.3, 0.4) is 0 Å². The van der Waals surface area contributed by atoms with E-state index in [-0.39, 0.29) is 0 Å². The third-order valence-electron chi connectivity index (χ3n) is 10.3. The maximum absolute atomic E-state index is 9.80. The molecule has 0 saturated carbocycles. The van der Waals surface area contributed by atoms with E-state index in [9.17, 15) is 5.26 Å². The van der Waals surface area contributed by atoms with E-state index in [1.54, 1.807) is 23.5 Å². The lowest BCUT2D eigenvalue weighted by Crippen LogP contribution is -1.97. The minimum Gasteiger partial charge on any atom is -0.309 e. The first kappa shape index (κ1) is 30.3. The maximum Gasteiger partial charge on any atom is 0.134 e. The summed E-state index contributed by atoms with van der Waals surface area (Å²) in [4.78, 5) is 12.3. The van der Waals surface area contributed by atoms with Gasteiger partial charge in [0.05, 0.1) is 33.7 Å². The van der Waals surface area contributed by atoms with Crippen molar-refractivity contribution in [3.8, 4) is 34.0 Å². The summed E-state index contributed by atoms with van der Waals surface area (Å²) in [6.07, 6.45) is 0. The molecule has 0 atom stereocenters. The lowest BCUT2D eigenvalue weighted by molar-refractivity contribution is 0.953. The molecule has 246 valence electrons. The summed E-state index contributed by atoms with van der Waals surface area (Å²) in [5.74, 6) is 0. The smallest absolute Gasteiger partial charge is 0.134 e. The van der Waals surface area contributed by atoms with Crippen molar-refractivity contribution in [2.45, 2.75) is 19.8 Å². The van der Waals surface area contributed by atoms with Crippen LogP contribution in [0.25, 0.3) is 82.3 Å². The van der Waals surface area contributed by atoms with Crippen LogP contribution in [0.5, 0.6) is 0 Å². The summed E-state index contributed by atoms with van der Waals surface area (Å²) in [6.45, 7) is 0. The van der Waals surface area contributed by atoms with E-state index in [0.717, 1.165) is 54.1 Å². The first-order valence-electron chi connectivity index (χ1n) is 17.5. The van der Waals surface area contributed by atoms with Crippen LogP contribution in [0.1, 0.15) is 5.56 Å². The molecule has 0 unspecified atom stereocenters. The van der Waals surface area contributed by atoms with Gasteiger partial charge in [0.2, 0.25) is 0 Å². The van der Waals surface area contributed by atoms with Crippen molar-refractivity contribution in [1.82, 2.24) is 14.5 Å². The van der Waals surface area contributed by atoms with E-state index in [1.165, 1.54) is 48.0 Å². The molecule has 0 aliphatic carbocycles. The average Bonchev–Trinajstić information content (AvgIpc) is 3.54. The van der Waals surface area contributed by atoms with Gasteiger partial charge in [-0.1, -0.05) is 127 Å². The van der Waals surface area contributed by atoms with E-state index in [2.05, 4.69) is 126 Å². The van der Waals surface area contributed by atoms with Crippen molar-refractivity contribution in [3.63, 3.8) is 0 Å². The largest absolute Gasteiger partial charge is 0.309 e. The number of aromatic nitrogens is 3. The molecule has 2 aromatic heterocycles. The zero-order valence-corrected chi connectivity index (χ0v) is 29.7. The first-order valence-corrected chi connectivity index (χ1v) is 19.1. The van der Waals surface area contributed by atoms with Gasteiger partial charge in [-0.2, -0.15) is 5.26 Å². The highest BCUT2D eigenvalue weighted by molar-refractivity contribution is 8.05. The molecule has 4 nitrogen and oxygen atoms in total. The molecule has 1 aliphatic heterocycles. The zero-order valence-electron chi connectivity index (χ0n) is 28.1. The molecule has 0 radical (unpaired) electrons. The predicted octanol–water partition coefficient (Wildman–Crippen LogP) is 12.9. The van der Waals surface area contributed by atoms with Crippen LogP contribution in [-0.2, 0) is 0 Å². The Hall–Kier alpha value is -6.39. The van der Waals surface area contributed by atoms with Crippen molar-refractivity contribution < 1.29 is 0 Å². The molecular weight excluding hydrogens is 685 g/mol. The van der Waals surface area contributed by atoms with E-state index in [4.69, 9.17) is 9.97 Å². The van der Waals surface area contributed by atoms with Gasteiger partial charge in [0.15, 0.2) is 0 Å². The van der Waals surface area contributed by atoms with Gasteiger partial charge in [0, 0.05) is 26.3 Å². The second-order valence-electron chi connectivity index (χ2n) is 13.3. The second kappa shape index (κ2) is 11.8. The molecule has 1 aliphatic rings. The van der Waals surface area contributed by atoms with E-state index in [0.29, 0.717) is 5.56 Å². The summed E-state index contributed by atoms with van der Waals surface area (Å²) in [6, 6.07) is 58.2. The van der Waals surface area contributed by atoms with Gasteiger partial charge >= 0.3 is 0 Å². The normalized spacial score (nSPS) is 12.4. The maximum atomic E-state index is 9.80. The molecular formula is C47H26N4S2. The fourth-order valence-corrected chi connectivity index (χ4v) is 10.1. The van der Waals surface area contributed by atoms with E-state index in [1.807, 2.05) is 42.5 Å². The highest BCUT2D eigenvalue weighted by atomic mass is 32.2. The lowest BCUT2D eigenvalue weighted by Gasteiger charge is -2.20. The molecule has 0 N–H and O–H groups in total. The number of benzene rings is 8. The first-order chi connectivity index (χ1) is 26.2. The zero-order chi connectivity index (χ0) is 35.0. The van der Waals surface area contributed by atoms with Crippen molar-refractivity contribution in [3.05, 3.63) is 163 Å². The summed E-state index contributed by atoms with van der Waals surface area (Å²) in [5.41, 5.74) is 10.5. The SMILES string of the molecule is N#Cc1ccc2c3ccc(-c4c5ccccc5c(-c5ccc6c(c5)Sc5nc7ccccc7nc5S6)c5ccccc45)cc3n(-c3ccccc3)c2c1. The van der Waals surface area contributed by atoms with Crippen molar-refractivity contribution in [2.24, 2.45) is 0 Å². The fourth-order valence-electron chi connectivity index (χ4n) is 7.99. The molecule has 0 saturated heterocycles. The Bertz CT molecular complexity index is 3140. The summed E-state index contributed by atoms with van der Waals surface area (Å²) < 4.78 is 2.29. The molecule has 11 rings (SSSR count). The highest BCUT2D eigenvalue weighted by Crippen LogP contribution is 2.50. The topological polar surface area (TPSA) is 54.5 Å². The number of fused-ring (bicyclic) bond motifs is 8. The highest BCUT2D eigenvalue weighted by Gasteiger charge is 2.23. The van der Waals surface area contributed by atoms with Crippen molar-refractivity contribution >= 4 is 77.9 Å².